The molecule has 3 heterocycles. The van der Waals surface area contributed by atoms with Crippen LogP contribution in [0.15, 0.2) is 29.1 Å². The lowest BCUT2D eigenvalue weighted by molar-refractivity contribution is -0.135. The largest absolute Gasteiger partial charge is 0.379 e. The van der Waals surface area contributed by atoms with E-state index < -0.39 is 0 Å². The van der Waals surface area contributed by atoms with Crippen molar-refractivity contribution in [3.05, 3.63) is 40.3 Å². The Hall–Kier alpha value is -2.25. The van der Waals surface area contributed by atoms with Crippen LogP contribution < -0.4 is 5.56 Å². The van der Waals surface area contributed by atoms with E-state index in [1.807, 2.05) is 31.2 Å². The van der Waals surface area contributed by atoms with Gasteiger partial charge in [-0.15, -0.1) is 0 Å². The molecule has 156 valence electrons. The summed E-state index contributed by atoms with van der Waals surface area (Å²) in [5, 5.41) is 5.95. The van der Waals surface area contributed by atoms with Gasteiger partial charge in [0.2, 0.25) is 5.91 Å². The minimum Gasteiger partial charge on any atom is -0.379 e. The van der Waals surface area contributed by atoms with Crippen molar-refractivity contribution in [2.24, 2.45) is 0 Å². The third kappa shape index (κ3) is 4.36. The van der Waals surface area contributed by atoms with Crippen LogP contribution in [-0.2, 0) is 22.5 Å². The van der Waals surface area contributed by atoms with Crippen LogP contribution in [0.5, 0.6) is 0 Å². The standard InChI is InChI=1S/C22H30N4O3/c1-2-26-22(28)19-9-4-3-8-18(19)20(23-26)15-21(27)25-10-6-5-7-17(25)16-24-11-13-29-14-12-24/h3-4,8-9,17H,2,5-7,10-16H2,1H3/t17-/m1/s1. The number of benzene rings is 1. The van der Waals surface area contributed by atoms with E-state index in [9.17, 15) is 9.59 Å². The predicted molar refractivity (Wildman–Crippen MR) is 112 cm³/mol. The molecule has 0 saturated carbocycles. The molecule has 2 aliphatic heterocycles. The second-order valence-electron chi connectivity index (χ2n) is 7.94. The van der Waals surface area contributed by atoms with Crippen molar-refractivity contribution in [2.45, 2.75) is 45.2 Å². The Morgan fingerprint density at radius 3 is 2.66 bits per heavy atom. The maximum Gasteiger partial charge on any atom is 0.274 e. The monoisotopic (exact) mass is 398 g/mol. The number of aromatic nitrogens is 2. The summed E-state index contributed by atoms with van der Waals surface area (Å²) in [5.41, 5.74) is 0.602. The molecule has 2 saturated heterocycles. The van der Waals surface area contributed by atoms with Crippen molar-refractivity contribution >= 4 is 16.7 Å². The topological polar surface area (TPSA) is 67.7 Å². The van der Waals surface area contributed by atoms with Gasteiger partial charge < -0.3 is 9.64 Å². The van der Waals surface area contributed by atoms with E-state index in [4.69, 9.17) is 4.74 Å². The highest BCUT2D eigenvalue weighted by atomic mass is 16.5. The number of rotatable bonds is 5. The highest BCUT2D eigenvalue weighted by molar-refractivity contribution is 5.88. The first-order chi connectivity index (χ1) is 14.2. The number of aryl methyl sites for hydroxylation is 1. The van der Waals surface area contributed by atoms with E-state index in [1.165, 1.54) is 11.1 Å². The van der Waals surface area contributed by atoms with E-state index >= 15 is 0 Å². The molecule has 29 heavy (non-hydrogen) atoms. The van der Waals surface area contributed by atoms with Crippen molar-refractivity contribution < 1.29 is 9.53 Å². The molecule has 2 aliphatic rings. The molecule has 2 aromatic rings. The molecule has 1 aromatic heterocycles. The molecule has 0 N–H and O–H groups in total. The average molecular weight is 399 g/mol. The van der Waals surface area contributed by atoms with Gasteiger partial charge in [-0.1, -0.05) is 18.2 Å². The zero-order chi connectivity index (χ0) is 20.2. The Morgan fingerprint density at radius 2 is 1.90 bits per heavy atom. The Morgan fingerprint density at radius 1 is 1.14 bits per heavy atom. The van der Waals surface area contributed by atoms with Crippen molar-refractivity contribution in [1.29, 1.82) is 0 Å². The molecule has 0 radical (unpaired) electrons. The van der Waals surface area contributed by atoms with E-state index in [2.05, 4.69) is 14.9 Å². The van der Waals surface area contributed by atoms with Gasteiger partial charge in [0.1, 0.15) is 0 Å². The fourth-order valence-electron chi connectivity index (χ4n) is 4.50. The number of morpholine rings is 1. The maximum atomic E-state index is 13.3. The Bertz CT molecular complexity index is 920. The number of ether oxygens (including phenoxy) is 1. The smallest absolute Gasteiger partial charge is 0.274 e. The van der Waals surface area contributed by atoms with Crippen LogP contribution >= 0.6 is 0 Å². The van der Waals surface area contributed by atoms with Gasteiger partial charge >= 0.3 is 0 Å². The molecule has 0 aliphatic carbocycles. The molecule has 4 rings (SSSR count). The second-order valence-corrected chi connectivity index (χ2v) is 7.94. The van der Waals surface area contributed by atoms with Crippen molar-refractivity contribution in [3.63, 3.8) is 0 Å². The summed E-state index contributed by atoms with van der Waals surface area (Å²) < 4.78 is 6.92. The maximum absolute atomic E-state index is 13.3. The summed E-state index contributed by atoms with van der Waals surface area (Å²) >= 11 is 0. The summed E-state index contributed by atoms with van der Waals surface area (Å²) in [4.78, 5) is 30.3. The van der Waals surface area contributed by atoms with E-state index in [-0.39, 0.29) is 23.9 Å². The van der Waals surface area contributed by atoms with Crippen molar-refractivity contribution in [3.8, 4) is 0 Å². The predicted octanol–water partition coefficient (Wildman–Crippen LogP) is 1.67. The number of carbonyl (C=O) groups is 1. The van der Waals surface area contributed by atoms with E-state index in [0.717, 1.165) is 57.6 Å². The zero-order valence-corrected chi connectivity index (χ0v) is 17.2. The van der Waals surface area contributed by atoms with Crippen LogP contribution in [0.4, 0.5) is 0 Å². The SMILES string of the molecule is CCn1nc(CC(=O)N2CCCC[C@@H]2CN2CCOCC2)c2ccccc2c1=O. The number of piperidine rings is 1. The highest BCUT2D eigenvalue weighted by Gasteiger charge is 2.29. The van der Waals surface area contributed by atoms with Gasteiger partial charge in [0.05, 0.1) is 30.7 Å². The van der Waals surface area contributed by atoms with Gasteiger partial charge in [-0.05, 0) is 32.3 Å². The van der Waals surface area contributed by atoms with Gasteiger partial charge in [-0.25, -0.2) is 4.68 Å². The van der Waals surface area contributed by atoms with Gasteiger partial charge in [-0.2, -0.15) is 5.10 Å². The molecule has 0 bridgehead atoms. The first-order valence-corrected chi connectivity index (χ1v) is 10.8. The molecule has 0 spiro atoms. The molecular weight excluding hydrogens is 368 g/mol. The number of carbonyl (C=O) groups excluding carboxylic acids is 1. The molecular formula is C22H30N4O3. The van der Waals surface area contributed by atoms with Crippen molar-refractivity contribution in [1.82, 2.24) is 19.6 Å². The fourth-order valence-corrected chi connectivity index (χ4v) is 4.50. The number of nitrogens with zero attached hydrogens (tertiary/aromatic N) is 4. The summed E-state index contributed by atoms with van der Waals surface area (Å²) in [5.74, 6) is 0.113. The first-order valence-electron chi connectivity index (χ1n) is 10.8. The lowest BCUT2D eigenvalue weighted by Gasteiger charge is -2.39. The molecule has 7 nitrogen and oxygen atoms in total. The van der Waals surface area contributed by atoms with Gasteiger partial charge in [-0.3, -0.25) is 14.5 Å². The molecule has 1 aromatic carbocycles. The van der Waals surface area contributed by atoms with Crippen LogP contribution in [-0.4, -0.2) is 70.9 Å². The summed E-state index contributed by atoms with van der Waals surface area (Å²) in [6.45, 7) is 7.53. The molecule has 7 heteroatoms. The lowest BCUT2D eigenvalue weighted by Crippen LogP contribution is -2.51. The third-order valence-electron chi connectivity index (χ3n) is 6.08. The molecule has 2 fully saturated rings. The number of hydrogen-bond acceptors (Lipinski definition) is 5. The number of likely N-dealkylation sites (tertiary alicyclic amines) is 1. The number of hydrogen-bond donors (Lipinski definition) is 0. The Kier molecular flexibility index (Phi) is 6.25. The van der Waals surface area contributed by atoms with Crippen LogP contribution in [0.3, 0.4) is 0 Å². The fraction of sp³-hybridized carbons (Fsp3) is 0.591. The van der Waals surface area contributed by atoms with Crippen LogP contribution in [0.1, 0.15) is 31.9 Å². The normalized spacial score (nSPS) is 20.9. The Labute approximate surface area is 171 Å². The summed E-state index contributed by atoms with van der Waals surface area (Å²) in [7, 11) is 0. The second kappa shape index (κ2) is 9.05. The summed E-state index contributed by atoms with van der Waals surface area (Å²) in [6.07, 6.45) is 3.50. The molecule has 0 unspecified atom stereocenters. The minimum absolute atomic E-state index is 0.0949. The van der Waals surface area contributed by atoms with E-state index in [1.54, 1.807) is 0 Å². The van der Waals surface area contributed by atoms with Gasteiger partial charge in [0.25, 0.3) is 5.56 Å². The van der Waals surface area contributed by atoms with E-state index in [0.29, 0.717) is 17.6 Å². The summed E-state index contributed by atoms with van der Waals surface area (Å²) in [6, 6.07) is 7.72. The van der Waals surface area contributed by atoms with Gasteiger partial charge in [0, 0.05) is 44.2 Å². The van der Waals surface area contributed by atoms with Crippen LogP contribution in [0, 0.1) is 0 Å². The van der Waals surface area contributed by atoms with Gasteiger partial charge in [0.15, 0.2) is 0 Å². The zero-order valence-electron chi connectivity index (χ0n) is 17.2. The first kappa shape index (κ1) is 20.0. The number of amides is 1. The number of fused-ring (bicyclic) bond motifs is 1. The highest BCUT2D eigenvalue weighted by Crippen LogP contribution is 2.21. The lowest BCUT2D eigenvalue weighted by atomic mass is 10.00. The van der Waals surface area contributed by atoms with Crippen LogP contribution in [0.2, 0.25) is 0 Å². The quantitative estimate of drug-likeness (QED) is 0.767. The minimum atomic E-state index is -0.0949. The van der Waals surface area contributed by atoms with Crippen LogP contribution in [0.25, 0.3) is 10.8 Å². The average Bonchev–Trinajstić information content (AvgIpc) is 2.77. The third-order valence-corrected chi connectivity index (χ3v) is 6.08. The Balaban J connectivity index is 1.56. The van der Waals surface area contributed by atoms with Crippen molar-refractivity contribution in [2.75, 3.05) is 39.4 Å². The molecule has 1 atom stereocenters. The molecule has 1 amide bonds.